The van der Waals surface area contributed by atoms with Crippen LogP contribution in [0, 0.1) is 5.92 Å². The van der Waals surface area contributed by atoms with E-state index in [0.717, 1.165) is 53.4 Å². The van der Waals surface area contributed by atoms with E-state index in [9.17, 15) is 24.3 Å². The quantitative estimate of drug-likeness (QED) is 0.223. The number of esters is 3. The molecule has 0 saturated carbocycles. The van der Waals surface area contributed by atoms with Gasteiger partial charge in [0.25, 0.3) is 0 Å². The first-order valence-electron chi connectivity index (χ1n) is 8.76. The van der Waals surface area contributed by atoms with Crippen molar-refractivity contribution in [3.05, 3.63) is 0 Å². The summed E-state index contributed by atoms with van der Waals surface area (Å²) in [7, 11) is 3.08. The van der Waals surface area contributed by atoms with Gasteiger partial charge in [-0.2, -0.15) is 0 Å². The predicted molar refractivity (Wildman–Crippen MR) is 92.1 cm³/mol. The van der Waals surface area contributed by atoms with Gasteiger partial charge in [0.15, 0.2) is 17.3 Å². The van der Waals surface area contributed by atoms with Crippen LogP contribution in [0.25, 0.3) is 0 Å². The fraction of sp³-hybridized carbons (Fsp3) is 0.778. The summed E-state index contributed by atoms with van der Waals surface area (Å²) in [6.07, 6.45) is 4.60. The van der Waals surface area contributed by atoms with E-state index in [-0.39, 0.29) is 6.42 Å². The highest BCUT2D eigenvalue weighted by atomic mass is 16.6. The summed E-state index contributed by atoms with van der Waals surface area (Å²) in [4.78, 5) is 48.3. The standard InChI is InChI=1S/C18H30O8/c1-5-6-7-8-9-10-11-13(19)15(16(21)25-3)18(23,17(22)26-4)12-14(20)24-2/h15,23H,5-12H2,1-4H3. The molecule has 8 nitrogen and oxygen atoms in total. The lowest BCUT2D eigenvalue weighted by atomic mass is 9.80. The van der Waals surface area contributed by atoms with Crippen LogP contribution in [0.5, 0.6) is 0 Å². The van der Waals surface area contributed by atoms with Gasteiger partial charge in [0.1, 0.15) is 0 Å². The monoisotopic (exact) mass is 374 g/mol. The molecule has 0 aromatic carbocycles. The molecule has 8 heteroatoms. The van der Waals surface area contributed by atoms with Gasteiger partial charge in [0.05, 0.1) is 27.8 Å². The molecule has 0 aromatic rings. The highest BCUT2D eigenvalue weighted by molar-refractivity contribution is 6.06. The van der Waals surface area contributed by atoms with Crippen molar-refractivity contribution in [3.8, 4) is 0 Å². The maximum Gasteiger partial charge on any atom is 0.339 e. The fourth-order valence-electron chi connectivity index (χ4n) is 2.70. The summed E-state index contributed by atoms with van der Waals surface area (Å²) in [6, 6.07) is 0. The van der Waals surface area contributed by atoms with Crippen LogP contribution < -0.4 is 0 Å². The second-order valence-electron chi connectivity index (χ2n) is 6.11. The molecule has 1 N–H and O–H groups in total. The third-order valence-corrected chi connectivity index (χ3v) is 4.19. The molecule has 0 amide bonds. The smallest absolute Gasteiger partial charge is 0.339 e. The maximum atomic E-state index is 12.5. The Bertz CT molecular complexity index is 488. The Labute approximate surface area is 154 Å². The molecule has 0 fully saturated rings. The van der Waals surface area contributed by atoms with Gasteiger partial charge in [-0.15, -0.1) is 0 Å². The number of Topliss-reactive ketones (excluding diaryl/α,β-unsaturated/α-hetero) is 1. The zero-order valence-corrected chi connectivity index (χ0v) is 16.0. The molecule has 0 bridgehead atoms. The SMILES string of the molecule is CCCCCCCCC(=O)C(C(=O)OC)C(O)(CC(=O)OC)C(=O)OC. The maximum absolute atomic E-state index is 12.5. The van der Waals surface area contributed by atoms with Crippen LogP contribution in [0.1, 0.15) is 58.3 Å². The molecular weight excluding hydrogens is 344 g/mol. The van der Waals surface area contributed by atoms with E-state index < -0.39 is 41.6 Å². The summed E-state index contributed by atoms with van der Waals surface area (Å²) in [5.41, 5.74) is -2.67. The second-order valence-corrected chi connectivity index (χ2v) is 6.11. The molecule has 2 unspecified atom stereocenters. The van der Waals surface area contributed by atoms with Gasteiger partial charge in [-0.1, -0.05) is 39.0 Å². The van der Waals surface area contributed by atoms with E-state index in [2.05, 4.69) is 21.1 Å². The summed E-state index contributed by atoms with van der Waals surface area (Å²) >= 11 is 0. The Morgan fingerprint density at radius 3 is 1.96 bits per heavy atom. The molecule has 26 heavy (non-hydrogen) atoms. The number of carbonyl (C=O) groups is 4. The summed E-state index contributed by atoms with van der Waals surface area (Å²) in [6.45, 7) is 2.10. The lowest BCUT2D eigenvalue weighted by Crippen LogP contribution is -2.54. The summed E-state index contributed by atoms with van der Waals surface area (Å²) in [5.74, 6) is -5.86. The van der Waals surface area contributed by atoms with E-state index in [1.54, 1.807) is 0 Å². The first-order chi connectivity index (χ1) is 12.3. The van der Waals surface area contributed by atoms with E-state index in [4.69, 9.17) is 0 Å². The van der Waals surface area contributed by atoms with Crippen molar-refractivity contribution in [1.82, 2.24) is 0 Å². The zero-order chi connectivity index (χ0) is 20.2. The number of hydrogen-bond donors (Lipinski definition) is 1. The Balaban J connectivity index is 5.27. The third-order valence-electron chi connectivity index (χ3n) is 4.19. The molecule has 2 atom stereocenters. The molecule has 0 heterocycles. The number of rotatable bonds is 13. The van der Waals surface area contributed by atoms with Crippen LogP contribution >= 0.6 is 0 Å². The molecule has 0 rings (SSSR count). The number of ketones is 1. The van der Waals surface area contributed by atoms with E-state index in [0.29, 0.717) is 6.42 Å². The van der Waals surface area contributed by atoms with Crippen LogP contribution in [0.4, 0.5) is 0 Å². The third kappa shape index (κ3) is 7.11. The van der Waals surface area contributed by atoms with Crippen LogP contribution in [0.2, 0.25) is 0 Å². The van der Waals surface area contributed by atoms with Gasteiger partial charge in [0.2, 0.25) is 0 Å². The normalized spacial score (nSPS) is 14.0. The molecular formula is C18H30O8. The van der Waals surface area contributed by atoms with Crippen LogP contribution in [0.15, 0.2) is 0 Å². The Hall–Kier alpha value is -1.96. The highest BCUT2D eigenvalue weighted by Crippen LogP contribution is 2.28. The lowest BCUT2D eigenvalue weighted by Gasteiger charge is -2.30. The van der Waals surface area contributed by atoms with Crippen molar-refractivity contribution in [2.45, 2.75) is 63.9 Å². The second kappa shape index (κ2) is 12.4. The molecule has 0 saturated heterocycles. The Morgan fingerprint density at radius 2 is 1.46 bits per heavy atom. The molecule has 0 aliphatic carbocycles. The average Bonchev–Trinajstić information content (AvgIpc) is 2.63. The minimum Gasteiger partial charge on any atom is -0.469 e. The number of aliphatic hydroxyl groups is 1. The number of carbonyl (C=O) groups excluding carboxylic acids is 4. The molecule has 150 valence electrons. The highest BCUT2D eigenvalue weighted by Gasteiger charge is 2.54. The Morgan fingerprint density at radius 1 is 0.885 bits per heavy atom. The summed E-state index contributed by atoms with van der Waals surface area (Å²) in [5, 5.41) is 10.7. The van der Waals surface area contributed by atoms with E-state index >= 15 is 0 Å². The lowest BCUT2D eigenvalue weighted by molar-refractivity contribution is -0.184. The van der Waals surface area contributed by atoms with Gasteiger partial charge >= 0.3 is 17.9 Å². The first kappa shape index (κ1) is 24.0. The van der Waals surface area contributed by atoms with Crippen molar-refractivity contribution < 1.29 is 38.5 Å². The van der Waals surface area contributed by atoms with Crippen molar-refractivity contribution in [1.29, 1.82) is 0 Å². The molecule has 0 aromatic heterocycles. The fourth-order valence-corrected chi connectivity index (χ4v) is 2.70. The molecule has 0 aliphatic rings. The predicted octanol–water partition coefficient (Wildman–Crippen LogP) is 1.56. The minimum atomic E-state index is -2.67. The van der Waals surface area contributed by atoms with Gasteiger partial charge < -0.3 is 19.3 Å². The van der Waals surface area contributed by atoms with Crippen LogP contribution in [-0.2, 0) is 33.4 Å². The number of ether oxygens (including phenoxy) is 3. The summed E-state index contributed by atoms with van der Waals surface area (Å²) < 4.78 is 13.5. The minimum absolute atomic E-state index is 0.0215. The molecule has 0 spiro atoms. The topological polar surface area (TPSA) is 116 Å². The number of unbranched alkanes of at least 4 members (excludes halogenated alkanes) is 5. The van der Waals surface area contributed by atoms with Crippen LogP contribution in [0.3, 0.4) is 0 Å². The van der Waals surface area contributed by atoms with Crippen molar-refractivity contribution in [2.75, 3.05) is 21.3 Å². The zero-order valence-electron chi connectivity index (χ0n) is 16.0. The first-order valence-corrected chi connectivity index (χ1v) is 8.76. The van der Waals surface area contributed by atoms with Gasteiger partial charge in [-0.25, -0.2) is 4.79 Å². The Kier molecular flexibility index (Phi) is 11.5. The number of methoxy groups -OCH3 is 3. The van der Waals surface area contributed by atoms with Gasteiger partial charge in [-0.3, -0.25) is 14.4 Å². The van der Waals surface area contributed by atoms with Crippen molar-refractivity contribution in [3.63, 3.8) is 0 Å². The van der Waals surface area contributed by atoms with Gasteiger partial charge in [0, 0.05) is 6.42 Å². The number of hydrogen-bond acceptors (Lipinski definition) is 8. The van der Waals surface area contributed by atoms with Crippen LogP contribution in [-0.4, -0.2) is 55.7 Å². The molecule has 0 aliphatic heterocycles. The van der Waals surface area contributed by atoms with Crippen molar-refractivity contribution >= 4 is 23.7 Å². The largest absolute Gasteiger partial charge is 0.469 e. The van der Waals surface area contributed by atoms with E-state index in [1.807, 2.05) is 0 Å². The average molecular weight is 374 g/mol. The molecule has 0 radical (unpaired) electrons. The van der Waals surface area contributed by atoms with Gasteiger partial charge in [-0.05, 0) is 6.42 Å². The van der Waals surface area contributed by atoms with Crippen molar-refractivity contribution in [2.24, 2.45) is 5.92 Å². The van der Waals surface area contributed by atoms with E-state index in [1.165, 1.54) is 0 Å².